The predicted octanol–water partition coefficient (Wildman–Crippen LogP) is 3.65. The van der Waals surface area contributed by atoms with E-state index in [4.69, 9.17) is 0 Å². The SMILES string of the molecule is O=C(O)c1cnn2ccc(N3CCCC3c3cc(F)ccc3F)cc12. The number of pyridine rings is 1. The number of halogens is 2. The summed E-state index contributed by atoms with van der Waals surface area (Å²) in [5, 5.41) is 13.3. The molecule has 0 radical (unpaired) electrons. The Hall–Kier alpha value is -2.96. The average molecular weight is 343 g/mol. The van der Waals surface area contributed by atoms with Gasteiger partial charge in [-0.2, -0.15) is 5.10 Å². The van der Waals surface area contributed by atoms with Crippen molar-refractivity contribution in [2.75, 3.05) is 11.4 Å². The lowest BCUT2D eigenvalue weighted by Gasteiger charge is -2.27. The third-order valence-electron chi connectivity index (χ3n) is 4.64. The summed E-state index contributed by atoms with van der Waals surface area (Å²) < 4.78 is 29.3. The molecule has 1 aromatic carbocycles. The van der Waals surface area contributed by atoms with Crippen molar-refractivity contribution < 1.29 is 18.7 Å². The van der Waals surface area contributed by atoms with Crippen LogP contribution in [0.15, 0.2) is 42.7 Å². The normalized spacial score (nSPS) is 17.4. The number of carboxylic acids is 1. The minimum atomic E-state index is -1.05. The highest BCUT2D eigenvalue weighted by atomic mass is 19.1. The smallest absolute Gasteiger partial charge is 0.339 e. The summed E-state index contributed by atoms with van der Waals surface area (Å²) in [6.07, 6.45) is 4.52. The molecule has 1 N–H and O–H groups in total. The zero-order valence-electron chi connectivity index (χ0n) is 13.2. The second kappa shape index (κ2) is 5.84. The van der Waals surface area contributed by atoms with Gasteiger partial charge in [-0.15, -0.1) is 0 Å². The fourth-order valence-corrected chi connectivity index (χ4v) is 3.48. The van der Waals surface area contributed by atoms with E-state index < -0.39 is 17.6 Å². The summed E-state index contributed by atoms with van der Waals surface area (Å²) in [4.78, 5) is 13.3. The number of nitrogens with zero attached hydrogens (tertiary/aromatic N) is 3. The van der Waals surface area contributed by atoms with Crippen molar-refractivity contribution in [3.05, 3.63) is 65.5 Å². The molecule has 2 aromatic heterocycles. The van der Waals surface area contributed by atoms with Crippen molar-refractivity contribution in [2.45, 2.75) is 18.9 Å². The standard InChI is InChI=1S/C18H15F2N3O2/c19-11-3-4-15(20)13(8-11)16-2-1-6-22(16)12-5-7-23-17(9-12)14(10-21-23)18(24)25/h3-5,7-10,16H,1-2,6H2,(H,24,25). The number of fused-ring (bicyclic) bond motifs is 1. The first-order chi connectivity index (χ1) is 12.0. The first kappa shape index (κ1) is 15.6. The lowest BCUT2D eigenvalue weighted by Crippen LogP contribution is -2.23. The molecule has 1 atom stereocenters. The van der Waals surface area contributed by atoms with Crippen LogP contribution in [0.5, 0.6) is 0 Å². The topological polar surface area (TPSA) is 57.8 Å². The molecule has 5 nitrogen and oxygen atoms in total. The van der Waals surface area contributed by atoms with Crippen LogP contribution >= 0.6 is 0 Å². The van der Waals surface area contributed by atoms with Gasteiger partial charge in [0.2, 0.25) is 0 Å². The van der Waals surface area contributed by atoms with E-state index in [1.807, 2.05) is 4.90 Å². The number of aromatic carboxylic acids is 1. The molecule has 1 saturated heterocycles. The van der Waals surface area contributed by atoms with E-state index in [1.165, 1.54) is 16.8 Å². The van der Waals surface area contributed by atoms with Crippen molar-refractivity contribution in [3.63, 3.8) is 0 Å². The third-order valence-corrected chi connectivity index (χ3v) is 4.64. The van der Waals surface area contributed by atoms with Crippen molar-refractivity contribution in [1.29, 1.82) is 0 Å². The van der Waals surface area contributed by atoms with Crippen LogP contribution in [-0.2, 0) is 0 Å². The number of hydrogen-bond acceptors (Lipinski definition) is 3. The molecule has 3 heterocycles. The maximum absolute atomic E-state index is 14.2. The maximum atomic E-state index is 14.2. The quantitative estimate of drug-likeness (QED) is 0.789. The van der Waals surface area contributed by atoms with Gasteiger partial charge in [0, 0.05) is 24.0 Å². The molecule has 0 spiro atoms. The van der Waals surface area contributed by atoms with Gasteiger partial charge in [0.05, 0.1) is 17.8 Å². The summed E-state index contributed by atoms with van der Waals surface area (Å²) in [5.41, 5.74) is 1.66. The second-order valence-corrected chi connectivity index (χ2v) is 6.10. The Bertz CT molecular complexity index is 970. The van der Waals surface area contributed by atoms with Gasteiger partial charge in [-0.3, -0.25) is 0 Å². The molecule has 25 heavy (non-hydrogen) atoms. The van der Waals surface area contributed by atoms with E-state index in [9.17, 15) is 18.7 Å². The lowest BCUT2D eigenvalue weighted by molar-refractivity contribution is 0.0699. The average Bonchev–Trinajstić information content (AvgIpc) is 3.22. The van der Waals surface area contributed by atoms with E-state index in [0.29, 0.717) is 24.0 Å². The van der Waals surface area contributed by atoms with Gasteiger partial charge in [0.1, 0.15) is 17.2 Å². The molecule has 0 saturated carbocycles. The van der Waals surface area contributed by atoms with E-state index >= 15 is 0 Å². The fraction of sp³-hybridized carbons (Fsp3) is 0.222. The molecular weight excluding hydrogens is 328 g/mol. The Morgan fingerprint density at radius 3 is 2.88 bits per heavy atom. The van der Waals surface area contributed by atoms with Gasteiger partial charge in [-0.05, 0) is 43.2 Å². The van der Waals surface area contributed by atoms with Crippen LogP contribution in [0.2, 0.25) is 0 Å². The highest BCUT2D eigenvalue weighted by molar-refractivity contribution is 5.95. The van der Waals surface area contributed by atoms with E-state index in [2.05, 4.69) is 5.10 Å². The number of hydrogen-bond donors (Lipinski definition) is 1. The molecule has 1 unspecified atom stereocenters. The molecule has 3 aromatic rings. The minimum Gasteiger partial charge on any atom is -0.478 e. The fourth-order valence-electron chi connectivity index (χ4n) is 3.48. The summed E-state index contributed by atoms with van der Waals surface area (Å²) in [7, 11) is 0. The number of carboxylic acid groups (broad SMARTS) is 1. The molecule has 128 valence electrons. The summed E-state index contributed by atoms with van der Waals surface area (Å²) >= 11 is 0. The molecule has 0 aliphatic carbocycles. The summed E-state index contributed by atoms with van der Waals surface area (Å²) in [5.74, 6) is -1.96. The van der Waals surface area contributed by atoms with Gasteiger partial charge >= 0.3 is 5.97 Å². The van der Waals surface area contributed by atoms with Gasteiger partial charge in [0.25, 0.3) is 0 Å². The molecular formula is C18H15F2N3O2. The highest BCUT2D eigenvalue weighted by Crippen LogP contribution is 2.37. The third kappa shape index (κ3) is 2.61. The molecule has 1 fully saturated rings. The first-order valence-corrected chi connectivity index (χ1v) is 7.97. The second-order valence-electron chi connectivity index (χ2n) is 6.10. The first-order valence-electron chi connectivity index (χ1n) is 7.97. The van der Waals surface area contributed by atoms with E-state index in [-0.39, 0.29) is 11.6 Å². The van der Waals surface area contributed by atoms with E-state index in [1.54, 1.807) is 18.3 Å². The predicted molar refractivity (Wildman–Crippen MR) is 87.8 cm³/mol. The lowest BCUT2D eigenvalue weighted by atomic mass is 10.0. The summed E-state index contributed by atoms with van der Waals surface area (Å²) in [6, 6.07) is 6.74. The maximum Gasteiger partial charge on any atom is 0.339 e. The molecule has 1 aliphatic heterocycles. The number of anilines is 1. The van der Waals surface area contributed by atoms with Crippen LogP contribution in [0.1, 0.15) is 34.8 Å². The van der Waals surface area contributed by atoms with Crippen LogP contribution in [0, 0.1) is 11.6 Å². The Kier molecular flexibility index (Phi) is 3.63. The van der Waals surface area contributed by atoms with Gasteiger partial charge < -0.3 is 10.0 Å². The van der Waals surface area contributed by atoms with Crippen LogP contribution < -0.4 is 4.90 Å². The van der Waals surface area contributed by atoms with Gasteiger partial charge in [-0.25, -0.2) is 18.1 Å². The van der Waals surface area contributed by atoms with Crippen LogP contribution in [0.25, 0.3) is 5.52 Å². The number of carbonyl (C=O) groups is 1. The van der Waals surface area contributed by atoms with E-state index in [0.717, 1.165) is 24.2 Å². The monoisotopic (exact) mass is 343 g/mol. The molecule has 1 aliphatic rings. The largest absolute Gasteiger partial charge is 0.478 e. The number of benzene rings is 1. The zero-order valence-corrected chi connectivity index (χ0v) is 13.2. The van der Waals surface area contributed by atoms with Gasteiger partial charge in [-0.1, -0.05) is 0 Å². The van der Waals surface area contributed by atoms with Crippen molar-refractivity contribution in [2.24, 2.45) is 0 Å². The Labute approximate surface area is 142 Å². The molecule has 4 rings (SSSR count). The van der Waals surface area contributed by atoms with Crippen LogP contribution in [-0.4, -0.2) is 27.2 Å². The molecule has 0 bridgehead atoms. The number of rotatable bonds is 3. The highest BCUT2D eigenvalue weighted by Gasteiger charge is 2.29. The summed E-state index contributed by atoms with van der Waals surface area (Å²) in [6.45, 7) is 0.688. The van der Waals surface area contributed by atoms with Crippen molar-refractivity contribution in [1.82, 2.24) is 9.61 Å². The Morgan fingerprint density at radius 2 is 2.08 bits per heavy atom. The zero-order chi connectivity index (χ0) is 17.6. The molecule has 0 amide bonds. The van der Waals surface area contributed by atoms with Crippen LogP contribution in [0.4, 0.5) is 14.5 Å². The number of aromatic nitrogens is 2. The minimum absolute atomic E-state index is 0.106. The molecule has 7 heteroatoms. The van der Waals surface area contributed by atoms with Crippen molar-refractivity contribution in [3.8, 4) is 0 Å². The Morgan fingerprint density at radius 1 is 1.24 bits per heavy atom. The van der Waals surface area contributed by atoms with Crippen LogP contribution in [0.3, 0.4) is 0 Å². The van der Waals surface area contributed by atoms with Gasteiger partial charge in [0.15, 0.2) is 0 Å². The Balaban J connectivity index is 1.77. The van der Waals surface area contributed by atoms with Crippen molar-refractivity contribution >= 4 is 17.2 Å².